The molecule has 5 amide bonds. The minimum atomic E-state index is -1.48. The lowest BCUT2D eigenvalue weighted by Gasteiger charge is -2.34. The van der Waals surface area contributed by atoms with E-state index in [-0.39, 0.29) is 35.4 Å². The highest BCUT2D eigenvalue weighted by Gasteiger charge is 2.65. The number of imide groups is 1. The first kappa shape index (κ1) is 25.8. The van der Waals surface area contributed by atoms with Gasteiger partial charge in [0.05, 0.1) is 23.9 Å². The molecule has 1 N–H and O–H groups in total. The molecule has 0 bridgehead atoms. The van der Waals surface area contributed by atoms with Crippen LogP contribution in [0.25, 0.3) is 0 Å². The number of benzene rings is 2. The fourth-order valence-electron chi connectivity index (χ4n) is 5.79. The summed E-state index contributed by atoms with van der Waals surface area (Å²) in [6, 6.07) is 11.1. The number of rotatable bonds is 3. The van der Waals surface area contributed by atoms with E-state index >= 15 is 0 Å². The quantitative estimate of drug-likeness (QED) is 0.574. The summed E-state index contributed by atoms with van der Waals surface area (Å²) in [5.74, 6) is -2.28. The minimum Gasteiger partial charge on any atom is -0.480 e. The summed E-state index contributed by atoms with van der Waals surface area (Å²) in [5, 5.41) is 19.3. The predicted octanol–water partition coefficient (Wildman–Crippen LogP) is 3.77. The number of halogens is 2. The first-order valence-electron chi connectivity index (χ1n) is 12.0. The number of urea groups is 2. The summed E-state index contributed by atoms with van der Waals surface area (Å²) in [4.78, 5) is 58.2. The molecule has 3 aliphatic rings. The normalized spacial score (nSPS) is 25.0. The lowest BCUT2D eigenvalue weighted by Crippen LogP contribution is -2.55. The number of carbonyl (C=O) groups is 4. The largest absolute Gasteiger partial charge is 0.480 e. The van der Waals surface area contributed by atoms with Crippen LogP contribution in [0.5, 0.6) is 0 Å². The second kappa shape index (κ2) is 9.49. The molecule has 5 rings (SSSR count). The molecule has 196 valence electrons. The van der Waals surface area contributed by atoms with Gasteiger partial charge in [-0.05, 0) is 48.7 Å². The zero-order valence-electron chi connectivity index (χ0n) is 20.3. The van der Waals surface area contributed by atoms with Crippen LogP contribution in [0.3, 0.4) is 0 Å². The van der Waals surface area contributed by atoms with E-state index in [1.807, 2.05) is 0 Å². The number of nitriles is 1. The van der Waals surface area contributed by atoms with Crippen LogP contribution >= 0.6 is 23.2 Å². The highest BCUT2D eigenvalue weighted by Crippen LogP contribution is 2.47. The van der Waals surface area contributed by atoms with Gasteiger partial charge in [-0.1, -0.05) is 35.3 Å². The average Bonchev–Trinajstić information content (AvgIpc) is 3.57. The van der Waals surface area contributed by atoms with E-state index in [9.17, 15) is 29.5 Å². The second-order valence-electron chi connectivity index (χ2n) is 9.67. The topological polar surface area (TPSA) is 125 Å². The molecule has 3 atom stereocenters. The number of hydrogen-bond acceptors (Lipinski definition) is 5. The number of nitrogens with zero attached hydrogens (tertiary/aromatic N) is 5. The van der Waals surface area contributed by atoms with Crippen LogP contribution in [0.1, 0.15) is 29.9 Å². The monoisotopic (exact) mass is 555 g/mol. The molecule has 38 heavy (non-hydrogen) atoms. The van der Waals surface area contributed by atoms with Crippen molar-refractivity contribution < 1.29 is 24.3 Å². The Labute approximate surface area is 228 Å². The minimum absolute atomic E-state index is 0.0705. The Kier molecular flexibility index (Phi) is 6.45. The van der Waals surface area contributed by atoms with Gasteiger partial charge in [-0.3, -0.25) is 4.79 Å². The number of carboxylic acids is 1. The summed E-state index contributed by atoms with van der Waals surface area (Å²) >= 11 is 12.3. The fourth-order valence-corrected chi connectivity index (χ4v) is 6.30. The van der Waals surface area contributed by atoms with Gasteiger partial charge in [0, 0.05) is 36.1 Å². The molecule has 0 saturated carbocycles. The molecular formula is C26H23Cl2N5O5. The lowest BCUT2D eigenvalue weighted by atomic mass is 9.80. The Bertz CT molecular complexity index is 1370. The van der Waals surface area contributed by atoms with Gasteiger partial charge in [0.1, 0.15) is 11.6 Å². The van der Waals surface area contributed by atoms with Crippen molar-refractivity contribution in [2.24, 2.45) is 0 Å². The molecule has 10 nitrogen and oxygen atoms in total. The van der Waals surface area contributed by atoms with Crippen molar-refractivity contribution in [3.8, 4) is 6.07 Å². The summed E-state index contributed by atoms with van der Waals surface area (Å²) in [7, 11) is 1.51. The number of anilines is 1. The lowest BCUT2D eigenvalue weighted by molar-refractivity contribution is -0.141. The Balaban J connectivity index is 1.58. The van der Waals surface area contributed by atoms with Crippen molar-refractivity contribution >= 4 is 52.8 Å². The molecule has 3 aliphatic heterocycles. The maximum Gasteiger partial charge on any atom is 0.332 e. The van der Waals surface area contributed by atoms with Crippen LogP contribution in [0.4, 0.5) is 15.3 Å². The maximum absolute atomic E-state index is 14.2. The first-order valence-corrected chi connectivity index (χ1v) is 12.7. The van der Waals surface area contributed by atoms with Crippen molar-refractivity contribution in [1.82, 2.24) is 14.7 Å². The van der Waals surface area contributed by atoms with Crippen molar-refractivity contribution in [1.29, 1.82) is 5.26 Å². The Morgan fingerprint density at radius 2 is 1.76 bits per heavy atom. The molecule has 3 fully saturated rings. The van der Waals surface area contributed by atoms with Gasteiger partial charge < -0.3 is 19.8 Å². The smallest absolute Gasteiger partial charge is 0.332 e. The van der Waals surface area contributed by atoms with Gasteiger partial charge in [-0.2, -0.15) is 5.26 Å². The van der Waals surface area contributed by atoms with Crippen molar-refractivity contribution in [2.75, 3.05) is 31.6 Å². The van der Waals surface area contributed by atoms with Gasteiger partial charge in [-0.25, -0.2) is 19.3 Å². The van der Waals surface area contributed by atoms with E-state index in [2.05, 4.69) is 6.07 Å². The molecular weight excluding hydrogens is 533 g/mol. The Morgan fingerprint density at radius 1 is 1.11 bits per heavy atom. The van der Waals surface area contributed by atoms with Gasteiger partial charge in [0.25, 0.3) is 5.91 Å². The zero-order chi connectivity index (χ0) is 27.4. The fraction of sp³-hybridized carbons (Fsp3) is 0.346. The molecule has 0 radical (unpaired) electrons. The average molecular weight is 556 g/mol. The number of carbonyl (C=O) groups excluding carboxylic acids is 3. The third-order valence-electron chi connectivity index (χ3n) is 7.66. The molecule has 2 aromatic carbocycles. The molecule has 1 spiro atoms. The van der Waals surface area contributed by atoms with Crippen LogP contribution in [0.2, 0.25) is 10.0 Å². The van der Waals surface area contributed by atoms with Gasteiger partial charge in [0.15, 0.2) is 0 Å². The Hall–Kier alpha value is -3.81. The van der Waals surface area contributed by atoms with E-state index in [1.54, 1.807) is 24.3 Å². The molecule has 2 aromatic rings. The van der Waals surface area contributed by atoms with Crippen LogP contribution in [0.15, 0.2) is 42.5 Å². The molecule has 0 aliphatic carbocycles. The van der Waals surface area contributed by atoms with E-state index in [0.717, 1.165) is 4.90 Å². The van der Waals surface area contributed by atoms with E-state index < -0.39 is 41.4 Å². The molecule has 3 saturated heterocycles. The third-order valence-corrected chi connectivity index (χ3v) is 8.10. The van der Waals surface area contributed by atoms with Crippen molar-refractivity contribution in [3.05, 3.63) is 63.6 Å². The number of likely N-dealkylation sites (tertiary alicyclic amines) is 2. The number of carboxylic acid groups (broad SMARTS) is 1. The van der Waals surface area contributed by atoms with Crippen LogP contribution in [-0.2, 0) is 9.59 Å². The highest BCUT2D eigenvalue weighted by molar-refractivity contribution is 6.35. The summed E-state index contributed by atoms with van der Waals surface area (Å²) in [5.41, 5.74) is -0.189. The van der Waals surface area contributed by atoms with Gasteiger partial charge in [0.2, 0.25) is 0 Å². The van der Waals surface area contributed by atoms with Crippen molar-refractivity contribution in [2.45, 2.75) is 30.3 Å². The van der Waals surface area contributed by atoms with Crippen molar-refractivity contribution in [3.63, 3.8) is 0 Å². The third kappa shape index (κ3) is 3.94. The van der Waals surface area contributed by atoms with E-state index in [0.29, 0.717) is 24.0 Å². The molecule has 3 heterocycles. The van der Waals surface area contributed by atoms with Crippen LogP contribution < -0.4 is 4.90 Å². The summed E-state index contributed by atoms with van der Waals surface area (Å²) in [6.07, 6.45) is 0.904. The summed E-state index contributed by atoms with van der Waals surface area (Å²) < 4.78 is 0. The zero-order valence-corrected chi connectivity index (χ0v) is 21.8. The second-order valence-corrected chi connectivity index (χ2v) is 10.5. The molecule has 12 heteroatoms. The van der Waals surface area contributed by atoms with Crippen LogP contribution in [-0.4, -0.2) is 82.0 Å². The van der Waals surface area contributed by atoms with Crippen LogP contribution in [0, 0.1) is 11.3 Å². The molecule has 0 aromatic heterocycles. The van der Waals surface area contributed by atoms with E-state index in [1.165, 1.54) is 39.9 Å². The standard InChI is InChI=1S/C26H23Cl2N5O5/c1-30-24(37)33(19-10-17(27)9-18(28)11-19)23(36)26(30)14-31(25(38)32-8-2-3-21(32)22(34)35)13-20(26)16-6-4-15(12-29)5-7-16/h4-7,9-11,20-21H,2-3,8,13-14H2,1H3,(H,34,35)/t20-,21?,26+/m0/s1. The number of amides is 5. The number of hydrogen-bond donors (Lipinski definition) is 1. The molecule has 1 unspecified atom stereocenters. The SMILES string of the molecule is CN1C(=O)N(c2cc(Cl)cc(Cl)c2)C(=O)[C@]12CN(C(=O)N1CCCC1C(=O)O)C[C@H]2c1ccc(C#N)cc1. The number of aliphatic carboxylic acids is 1. The van der Waals surface area contributed by atoms with Gasteiger partial charge >= 0.3 is 18.0 Å². The number of likely N-dealkylation sites (N-methyl/N-ethyl adjacent to an activating group) is 1. The van der Waals surface area contributed by atoms with Gasteiger partial charge in [-0.15, -0.1) is 0 Å². The predicted molar refractivity (Wildman–Crippen MR) is 138 cm³/mol. The maximum atomic E-state index is 14.2. The Morgan fingerprint density at radius 3 is 2.37 bits per heavy atom. The first-order chi connectivity index (χ1) is 18.1. The highest BCUT2D eigenvalue weighted by atomic mass is 35.5. The summed E-state index contributed by atoms with van der Waals surface area (Å²) in [6.45, 7) is 0.225. The van der Waals surface area contributed by atoms with E-state index in [4.69, 9.17) is 23.2 Å².